The van der Waals surface area contributed by atoms with E-state index in [0.29, 0.717) is 35.1 Å². The average Bonchev–Trinajstić information content (AvgIpc) is 3.46. The van der Waals surface area contributed by atoms with Crippen LogP contribution in [-0.2, 0) is 19.3 Å². The van der Waals surface area contributed by atoms with E-state index >= 15 is 0 Å². The largest absolute Gasteiger partial charge is 0.330 e. The maximum atomic E-state index is 12.5. The fraction of sp³-hybridized carbons (Fsp3) is 0.261. The first-order chi connectivity index (χ1) is 16.1. The summed E-state index contributed by atoms with van der Waals surface area (Å²) in [6.07, 6.45) is 1.77. The Morgan fingerprint density at radius 3 is 2.73 bits per heavy atom. The van der Waals surface area contributed by atoms with Crippen molar-refractivity contribution in [2.45, 2.75) is 37.1 Å². The Hall–Kier alpha value is -3.24. The summed E-state index contributed by atoms with van der Waals surface area (Å²) in [5, 5.41) is 3.84. The minimum Gasteiger partial charge on any atom is -0.325 e. The van der Waals surface area contributed by atoms with Crippen molar-refractivity contribution in [3.63, 3.8) is 0 Å². The second-order valence-corrected chi connectivity index (χ2v) is 9.57. The zero-order valence-corrected chi connectivity index (χ0v) is 19.9. The van der Waals surface area contributed by atoms with Crippen LogP contribution in [0.4, 0.5) is 0 Å². The predicted molar refractivity (Wildman–Crippen MR) is 133 cm³/mol. The second kappa shape index (κ2) is 8.95. The third-order valence-corrected chi connectivity index (χ3v) is 7.34. The number of hydrogen-bond acceptors (Lipinski definition) is 7. The fourth-order valence-electron chi connectivity index (χ4n) is 3.75. The number of thiophene rings is 1. The average molecular weight is 479 g/mol. The number of unbranched alkanes of at least 4 members (excludes halogenated alkanes) is 1. The lowest BCUT2D eigenvalue weighted by atomic mass is 10.2. The van der Waals surface area contributed by atoms with Crippen LogP contribution in [0.15, 0.2) is 56.4 Å². The molecule has 10 heteroatoms. The van der Waals surface area contributed by atoms with E-state index in [1.807, 2.05) is 48.8 Å². The quantitative estimate of drug-likeness (QED) is 0.278. The molecule has 5 aromatic rings. The molecule has 33 heavy (non-hydrogen) atoms. The van der Waals surface area contributed by atoms with Crippen molar-refractivity contribution < 1.29 is 0 Å². The number of hydrogen-bond donors (Lipinski definition) is 1. The molecule has 0 atom stereocenters. The van der Waals surface area contributed by atoms with Gasteiger partial charge in [0.15, 0.2) is 17.0 Å². The summed E-state index contributed by atoms with van der Waals surface area (Å²) in [4.78, 5) is 42.6. The highest BCUT2D eigenvalue weighted by Crippen LogP contribution is 2.31. The Bertz CT molecular complexity index is 1570. The van der Waals surface area contributed by atoms with Gasteiger partial charge in [-0.1, -0.05) is 49.4 Å². The van der Waals surface area contributed by atoms with Gasteiger partial charge in [-0.25, -0.2) is 19.7 Å². The van der Waals surface area contributed by atoms with Crippen molar-refractivity contribution in [3.05, 3.63) is 68.4 Å². The monoisotopic (exact) mass is 478 g/mol. The molecule has 0 saturated heterocycles. The maximum absolute atomic E-state index is 12.5. The zero-order valence-electron chi connectivity index (χ0n) is 18.2. The van der Waals surface area contributed by atoms with Crippen LogP contribution in [0.2, 0.25) is 0 Å². The van der Waals surface area contributed by atoms with Crippen molar-refractivity contribution in [1.82, 2.24) is 29.1 Å². The summed E-state index contributed by atoms with van der Waals surface area (Å²) in [6, 6.07) is 11.9. The van der Waals surface area contributed by atoms with E-state index in [-0.39, 0.29) is 0 Å². The number of benzene rings is 1. The normalized spacial score (nSPS) is 11.6. The van der Waals surface area contributed by atoms with Gasteiger partial charge in [0.25, 0.3) is 5.56 Å². The third kappa shape index (κ3) is 4.00. The molecular formula is C23H22N6O2S2. The van der Waals surface area contributed by atoms with Crippen LogP contribution in [0.3, 0.4) is 0 Å². The number of aryl methyl sites for hydroxylation is 2. The molecule has 0 fully saturated rings. The minimum absolute atomic E-state index is 0.410. The molecule has 0 saturated carbocycles. The summed E-state index contributed by atoms with van der Waals surface area (Å²) in [6.45, 7) is 2.58. The number of aromatic amines is 1. The van der Waals surface area contributed by atoms with Crippen LogP contribution in [0.5, 0.6) is 0 Å². The number of imidazole rings is 1. The Balaban J connectivity index is 1.55. The van der Waals surface area contributed by atoms with Gasteiger partial charge in [-0.2, -0.15) is 0 Å². The summed E-state index contributed by atoms with van der Waals surface area (Å²) in [5.74, 6) is 1.90. The second-order valence-electron chi connectivity index (χ2n) is 7.66. The van der Waals surface area contributed by atoms with E-state index in [2.05, 4.69) is 11.9 Å². The molecule has 4 aromatic heterocycles. The number of nitrogens with one attached hydrogen (secondary N) is 1. The van der Waals surface area contributed by atoms with Crippen LogP contribution in [0, 0.1) is 0 Å². The molecule has 0 bridgehead atoms. The van der Waals surface area contributed by atoms with Gasteiger partial charge in [0.05, 0.1) is 16.1 Å². The van der Waals surface area contributed by atoms with E-state index in [1.165, 1.54) is 0 Å². The summed E-state index contributed by atoms with van der Waals surface area (Å²) < 4.78 is 3.33. The Labute approximate surface area is 197 Å². The van der Waals surface area contributed by atoms with Crippen molar-refractivity contribution in [3.8, 4) is 10.7 Å². The number of H-pyrrole nitrogens is 1. The van der Waals surface area contributed by atoms with Crippen molar-refractivity contribution in [1.29, 1.82) is 0 Å². The van der Waals surface area contributed by atoms with Gasteiger partial charge in [-0.15, -0.1) is 11.3 Å². The van der Waals surface area contributed by atoms with E-state index in [1.54, 1.807) is 32.2 Å². The Morgan fingerprint density at radius 1 is 1.09 bits per heavy atom. The molecule has 0 aliphatic heterocycles. The first-order valence-corrected chi connectivity index (χ1v) is 12.5. The lowest BCUT2D eigenvalue weighted by Gasteiger charge is -2.08. The van der Waals surface area contributed by atoms with Gasteiger partial charge in [-0.05, 0) is 23.9 Å². The van der Waals surface area contributed by atoms with Gasteiger partial charge in [-0.3, -0.25) is 14.3 Å². The lowest BCUT2D eigenvalue weighted by Crippen LogP contribution is -2.31. The van der Waals surface area contributed by atoms with E-state index in [0.717, 1.165) is 33.6 Å². The van der Waals surface area contributed by atoms with Gasteiger partial charge in [0, 0.05) is 19.0 Å². The van der Waals surface area contributed by atoms with E-state index < -0.39 is 11.2 Å². The molecule has 0 spiro atoms. The number of fused-ring (bicyclic) bond motifs is 2. The Morgan fingerprint density at radius 2 is 1.94 bits per heavy atom. The maximum Gasteiger partial charge on any atom is 0.330 e. The molecule has 0 aliphatic carbocycles. The molecule has 1 aromatic carbocycles. The molecule has 4 heterocycles. The summed E-state index contributed by atoms with van der Waals surface area (Å²) >= 11 is 3.15. The van der Waals surface area contributed by atoms with E-state index in [4.69, 9.17) is 15.0 Å². The standard InChI is InChI=1S/C23H22N6O2S2/c1-3-4-11-29-20-18(21(30)27-23(29)31)28(2)17(25-20)13-33-22-14-8-5-6-9-15(14)24-19(26-22)16-10-7-12-32-16/h5-10,12H,3-4,11,13H2,1-2H3,(H,27,30,31). The van der Waals surface area contributed by atoms with E-state index in [9.17, 15) is 9.59 Å². The summed E-state index contributed by atoms with van der Waals surface area (Å²) in [5.41, 5.74) is 0.894. The van der Waals surface area contributed by atoms with Crippen LogP contribution in [-0.4, -0.2) is 29.1 Å². The highest BCUT2D eigenvalue weighted by molar-refractivity contribution is 7.98. The van der Waals surface area contributed by atoms with Crippen LogP contribution < -0.4 is 11.2 Å². The molecule has 1 N–H and O–H groups in total. The van der Waals surface area contributed by atoms with Gasteiger partial charge >= 0.3 is 5.69 Å². The van der Waals surface area contributed by atoms with Crippen LogP contribution in [0.25, 0.3) is 32.8 Å². The van der Waals surface area contributed by atoms with Gasteiger partial charge in [0.1, 0.15) is 10.9 Å². The van der Waals surface area contributed by atoms with Crippen molar-refractivity contribution >= 4 is 45.2 Å². The van der Waals surface area contributed by atoms with Crippen LogP contribution in [0.1, 0.15) is 25.6 Å². The number of thioether (sulfide) groups is 1. The first kappa shape index (κ1) is 21.6. The number of nitrogens with zero attached hydrogens (tertiary/aromatic N) is 5. The zero-order chi connectivity index (χ0) is 22.9. The topological polar surface area (TPSA) is 98.5 Å². The number of rotatable bonds is 7. The molecule has 0 amide bonds. The smallest absolute Gasteiger partial charge is 0.325 e. The highest BCUT2D eigenvalue weighted by Gasteiger charge is 2.18. The molecule has 0 radical (unpaired) electrons. The molecule has 168 valence electrons. The van der Waals surface area contributed by atoms with Gasteiger partial charge < -0.3 is 4.57 Å². The fourth-order valence-corrected chi connectivity index (χ4v) is 5.41. The number of para-hydroxylation sites is 1. The van der Waals surface area contributed by atoms with Crippen molar-refractivity contribution in [2.75, 3.05) is 0 Å². The predicted octanol–water partition coefficient (Wildman–Crippen LogP) is 4.19. The van der Waals surface area contributed by atoms with Crippen LogP contribution >= 0.6 is 23.1 Å². The Kier molecular flexibility index (Phi) is 5.86. The summed E-state index contributed by atoms with van der Waals surface area (Å²) in [7, 11) is 1.81. The number of aromatic nitrogens is 6. The third-order valence-electron chi connectivity index (χ3n) is 5.49. The van der Waals surface area contributed by atoms with Crippen molar-refractivity contribution in [2.24, 2.45) is 7.05 Å². The minimum atomic E-state index is -0.416. The molecule has 0 aliphatic rings. The molecule has 8 nitrogen and oxygen atoms in total. The molecule has 5 rings (SSSR count). The SMILES string of the molecule is CCCCn1c(=O)[nH]c(=O)c2c1nc(CSc1nc(-c3cccs3)nc3ccccc13)n2C. The molecule has 0 unspecified atom stereocenters. The first-order valence-electron chi connectivity index (χ1n) is 10.7. The lowest BCUT2D eigenvalue weighted by molar-refractivity contribution is 0.613. The molecular weight excluding hydrogens is 456 g/mol. The van der Waals surface area contributed by atoms with Gasteiger partial charge in [0.2, 0.25) is 0 Å². The highest BCUT2D eigenvalue weighted by atomic mass is 32.2.